The highest BCUT2D eigenvalue weighted by molar-refractivity contribution is 5.36. The number of rotatable bonds is 4. The largest absolute Gasteiger partial charge is 0.271 e. The zero-order valence-corrected chi connectivity index (χ0v) is 11.4. The molecule has 0 amide bonds. The van der Waals surface area contributed by atoms with Crippen LogP contribution < -0.4 is 11.3 Å². The minimum atomic E-state index is -0.197. The van der Waals surface area contributed by atoms with Crippen LogP contribution in [0.4, 0.5) is 4.39 Å². The lowest BCUT2D eigenvalue weighted by molar-refractivity contribution is 0.434. The molecule has 20 heavy (non-hydrogen) atoms. The third kappa shape index (κ3) is 2.60. The molecule has 3 rings (SSSR count). The van der Waals surface area contributed by atoms with Crippen molar-refractivity contribution in [3.05, 3.63) is 71.0 Å². The van der Waals surface area contributed by atoms with Crippen LogP contribution in [0.2, 0.25) is 0 Å². The SMILES string of the molecule is NNC(Cc1ccc(F)cc1)C1CCc2ccccc21. The lowest BCUT2D eigenvalue weighted by Crippen LogP contribution is -2.40. The molecule has 0 saturated heterocycles. The number of fused-ring (bicyclic) bond motifs is 1. The molecule has 2 nitrogen and oxygen atoms in total. The van der Waals surface area contributed by atoms with Crippen LogP contribution in [0, 0.1) is 5.82 Å². The first kappa shape index (κ1) is 13.3. The number of nitrogens with one attached hydrogen (secondary N) is 1. The third-order valence-electron chi connectivity index (χ3n) is 4.25. The van der Waals surface area contributed by atoms with E-state index in [4.69, 9.17) is 5.84 Å². The second-order valence-electron chi connectivity index (χ2n) is 5.45. The second kappa shape index (κ2) is 5.73. The van der Waals surface area contributed by atoms with E-state index in [1.165, 1.54) is 23.3 Å². The summed E-state index contributed by atoms with van der Waals surface area (Å²) in [6.45, 7) is 0. The van der Waals surface area contributed by atoms with Crippen LogP contribution in [-0.4, -0.2) is 6.04 Å². The number of halogens is 1. The Morgan fingerprint density at radius 2 is 1.90 bits per heavy atom. The summed E-state index contributed by atoms with van der Waals surface area (Å²) in [5.74, 6) is 6.00. The van der Waals surface area contributed by atoms with Crippen molar-refractivity contribution in [2.45, 2.75) is 31.2 Å². The third-order valence-corrected chi connectivity index (χ3v) is 4.25. The summed E-state index contributed by atoms with van der Waals surface area (Å²) in [5.41, 5.74) is 6.89. The average Bonchev–Trinajstić information content (AvgIpc) is 2.91. The Morgan fingerprint density at radius 3 is 2.65 bits per heavy atom. The summed E-state index contributed by atoms with van der Waals surface area (Å²) in [5, 5.41) is 0. The molecule has 0 aliphatic heterocycles. The standard InChI is InChI=1S/C17H19FN2/c18-14-8-5-12(6-9-14)11-17(20-19)16-10-7-13-3-1-2-4-15(13)16/h1-6,8-9,16-17,20H,7,10-11,19H2. The molecule has 1 aliphatic rings. The van der Waals surface area contributed by atoms with Gasteiger partial charge >= 0.3 is 0 Å². The molecule has 2 atom stereocenters. The molecule has 0 saturated carbocycles. The van der Waals surface area contributed by atoms with Gasteiger partial charge in [-0.25, -0.2) is 4.39 Å². The molecule has 0 aromatic heterocycles. The molecule has 2 aromatic carbocycles. The fourth-order valence-electron chi connectivity index (χ4n) is 3.20. The van der Waals surface area contributed by atoms with Crippen LogP contribution in [0.3, 0.4) is 0 Å². The fourth-order valence-corrected chi connectivity index (χ4v) is 3.20. The van der Waals surface area contributed by atoms with Gasteiger partial charge in [-0.3, -0.25) is 11.3 Å². The zero-order chi connectivity index (χ0) is 13.9. The van der Waals surface area contributed by atoms with Crippen LogP contribution >= 0.6 is 0 Å². The van der Waals surface area contributed by atoms with Crippen molar-refractivity contribution in [1.82, 2.24) is 5.43 Å². The van der Waals surface area contributed by atoms with Crippen molar-refractivity contribution in [2.75, 3.05) is 0 Å². The van der Waals surface area contributed by atoms with Gasteiger partial charge in [-0.05, 0) is 48.1 Å². The highest BCUT2D eigenvalue weighted by atomic mass is 19.1. The molecule has 3 heteroatoms. The molecule has 0 fully saturated rings. The van der Waals surface area contributed by atoms with Crippen molar-refractivity contribution in [3.63, 3.8) is 0 Å². The van der Waals surface area contributed by atoms with Gasteiger partial charge in [0.05, 0.1) is 0 Å². The van der Waals surface area contributed by atoms with Gasteiger partial charge in [-0.15, -0.1) is 0 Å². The smallest absolute Gasteiger partial charge is 0.123 e. The number of benzene rings is 2. The molecule has 0 radical (unpaired) electrons. The summed E-state index contributed by atoms with van der Waals surface area (Å²) < 4.78 is 13.0. The molecule has 0 bridgehead atoms. The van der Waals surface area contributed by atoms with Crippen molar-refractivity contribution in [1.29, 1.82) is 0 Å². The lowest BCUT2D eigenvalue weighted by atomic mass is 9.89. The molecule has 0 heterocycles. The summed E-state index contributed by atoms with van der Waals surface area (Å²) in [6, 6.07) is 15.4. The van der Waals surface area contributed by atoms with Crippen LogP contribution in [0.15, 0.2) is 48.5 Å². The lowest BCUT2D eigenvalue weighted by Gasteiger charge is -2.24. The van der Waals surface area contributed by atoms with E-state index in [2.05, 4.69) is 29.7 Å². The van der Waals surface area contributed by atoms with E-state index in [0.29, 0.717) is 5.92 Å². The van der Waals surface area contributed by atoms with Crippen LogP contribution in [0.5, 0.6) is 0 Å². The van der Waals surface area contributed by atoms with Crippen molar-refractivity contribution >= 4 is 0 Å². The summed E-state index contributed by atoms with van der Waals surface area (Å²) in [7, 11) is 0. The van der Waals surface area contributed by atoms with Crippen molar-refractivity contribution in [2.24, 2.45) is 5.84 Å². The quantitative estimate of drug-likeness (QED) is 0.662. The van der Waals surface area contributed by atoms with E-state index in [1.54, 1.807) is 0 Å². The summed E-state index contributed by atoms with van der Waals surface area (Å²) in [4.78, 5) is 0. The van der Waals surface area contributed by atoms with Gasteiger partial charge in [-0.1, -0.05) is 36.4 Å². The normalized spacial score (nSPS) is 18.8. The van der Waals surface area contributed by atoms with Gasteiger partial charge in [0.25, 0.3) is 0 Å². The molecular formula is C17H19FN2. The van der Waals surface area contributed by atoms with Crippen molar-refractivity contribution < 1.29 is 4.39 Å². The van der Waals surface area contributed by atoms with E-state index >= 15 is 0 Å². The van der Waals surface area contributed by atoms with Crippen LogP contribution in [-0.2, 0) is 12.8 Å². The molecule has 2 unspecified atom stereocenters. The van der Waals surface area contributed by atoms with Gasteiger partial charge in [0, 0.05) is 12.0 Å². The molecular weight excluding hydrogens is 251 g/mol. The first-order chi connectivity index (χ1) is 9.78. The maximum Gasteiger partial charge on any atom is 0.123 e. The Labute approximate surface area is 118 Å². The van der Waals surface area contributed by atoms with Crippen LogP contribution in [0.1, 0.15) is 29.0 Å². The molecule has 3 N–H and O–H groups in total. The average molecular weight is 270 g/mol. The van der Waals surface area contributed by atoms with Gasteiger partial charge in [0.2, 0.25) is 0 Å². The monoisotopic (exact) mass is 270 g/mol. The van der Waals surface area contributed by atoms with E-state index in [9.17, 15) is 4.39 Å². The van der Waals surface area contributed by atoms with Gasteiger partial charge in [0.15, 0.2) is 0 Å². The fraction of sp³-hybridized carbons (Fsp3) is 0.294. The zero-order valence-electron chi connectivity index (χ0n) is 11.4. The van der Waals surface area contributed by atoms with E-state index in [1.807, 2.05) is 12.1 Å². The Kier molecular flexibility index (Phi) is 3.81. The first-order valence-corrected chi connectivity index (χ1v) is 7.06. The van der Waals surface area contributed by atoms with Gasteiger partial charge in [0.1, 0.15) is 5.82 Å². The first-order valence-electron chi connectivity index (χ1n) is 7.06. The second-order valence-corrected chi connectivity index (χ2v) is 5.45. The van der Waals surface area contributed by atoms with E-state index in [-0.39, 0.29) is 11.9 Å². The minimum Gasteiger partial charge on any atom is -0.271 e. The van der Waals surface area contributed by atoms with E-state index in [0.717, 1.165) is 24.8 Å². The summed E-state index contributed by atoms with van der Waals surface area (Å²) in [6.07, 6.45) is 3.05. The molecule has 1 aliphatic carbocycles. The van der Waals surface area contributed by atoms with Gasteiger partial charge < -0.3 is 0 Å². The van der Waals surface area contributed by atoms with Crippen molar-refractivity contribution in [3.8, 4) is 0 Å². The minimum absolute atomic E-state index is 0.184. The number of hydrogen-bond acceptors (Lipinski definition) is 2. The highest BCUT2D eigenvalue weighted by Crippen LogP contribution is 2.36. The van der Waals surface area contributed by atoms with Gasteiger partial charge in [-0.2, -0.15) is 0 Å². The maximum absolute atomic E-state index is 13.0. The Bertz CT molecular complexity index is 580. The highest BCUT2D eigenvalue weighted by Gasteiger charge is 2.28. The van der Waals surface area contributed by atoms with Crippen LogP contribution in [0.25, 0.3) is 0 Å². The molecule has 0 spiro atoms. The predicted octanol–water partition coefficient (Wildman–Crippen LogP) is 2.93. The predicted molar refractivity (Wildman–Crippen MR) is 78.7 cm³/mol. The molecule has 104 valence electrons. The summed E-state index contributed by atoms with van der Waals surface area (Å²) >= 11 is 0. The number of hydrazine groups is 1. The number of aryl methyl sites for hydroxylation is 1. The Balaban J connectivity index is 1.79. The Morgan fingerprint density at radius 1 is 1.15 bits per heavy atom. The van der Waals surface area contributed by atoms with E-state index < -0.39 is 0 Å². The molecule has 2 aromatic rings. The number of hydrogen-bond donors (Lipinski definition) is 2. The topological polar surface area (TPSA) is 38.0 Å². The maximum atomic E-state index is 13.0. The number of nitrogens with two attached hydrogens (primary N) is 1. The Hall–Kier alpha value is -1.71.